The minimum absolute atomic E-state index is 0.0486. The molecule has 0 spiro atoms. The Balaban J connectivity index is 2.24. The molecule has 0 amide bonds. The van der Waals surface area contributed by atoms with Crippen molar-refractivity contribution in [1.82, 2.24) is 0 Å². The molecule has 1 aromatic rings. The fraction of sp³-hybridized carbons (Fsp3) is 0.667. The number of ether oxygens (including phenoxy) is 1. The molecule has 0 saturated carbocycles. The minimum Gasteiger partial charge on any atom is -0.507 e. The Labute approximate surface area is 132 Å². The first-order valence-electron chi connectivity index (χ1n) is 7.80. The van der Waals surface area contributed by atoms with Crippen LogP contribution in [0.25, 0.3) is 0 Å². The number of aromatic hydroxyl groups is 1. The summed E-state index contributed by atoms with van der Waals surface area (Å²) in [7, 11) is 0.513. The van der Waals surface area contributed by atoms with Crippen LogP contribution in [0.2, 0.25) is 0 Å². The Morgan fingerprint density at radius 3 is 2.43 bits per heavy atom. The second-order valence-electron chi connectivity index (χ2n) is 6.88. The molecule has 1 atom stereocenters. The first kappa shape index (κ1) is 16.5. The van der Waals surface area contributed by atoms with Crippen LogP contribution in [-0.4, -0.2) is 29.0 Å². The van der Waals surface area contributed by atoms with Crippen LogP contribution >= 0.6 is 0 Å². The van der Waals surface area contributed by atoms with Gasteiger partial charge in [-0.15, -0.1) is 0 Å². The minimum atomic E-state index is -0.0486. The fourth-order valence-electron chi connectivity index (χ4n) is 3.21. The van der Waals surface area contributed by atoms with Crippen LogP contribution in [0.1, 0.15) is 48.4 Å². The zero-order valence-electron chi connectivity index (χ0n) is 14.3. The van der Waals surface area contributed by atoms with Crippen molar-refractivity contribution in [2.75, 3.05) is 18.3 Å². The van der Waals surface area contributed by atoms with Gasteiger partial charge in [0, 0.05) is 5.56 Å². The Hall–Kier alpha value is -0.830. The highest BCUT2D eigenvalue weighted by Gasteiger charge is 2.34. The lowest BCUT2D eigenvalue weighted by atomic mass is 9.85. The van der Waals surface area contributed by atoms with Crippen LogP contribution in [-0.2, 0) is 17.3 Å². The van der Waals surface area contributed by atoms with Gasteiger partial charge in [0.25, 0.3) is 0 Å². The molecule has 0 bridgehead atoms. The molecule has 2 nitrogen and oxygen atoms in total. The van der Waals surface area contributed by atoms with Gasteiger partial charge in [0.2, 0.25) is 0 Å². The van der Waals surface area contributed by atoms with Crippen molar-refractivity contribution < 1.29 is 9.84 Å². The molecular formula is C18H29O2S+. The largest absolute Gasteiger partial charge is 0.507 e. The lowest BCUT2D eigenvalue weighted by Gasteiger charge is -2.38. The van der Waals surface area contributed by atoms with Crippen LogP contribution in [0.4, 0.5) is 0 Å². The molecule has 0 radical (unpaired) electrons. The number of hydrogen-bond donors (Lipinski definition) is 1. The van der Waals surface area contributed by atoms with Crippen molar-refractivity contribution in [3.8, 4) is 11.5 Å². The van der Waals surface area contributed by atoms with Crippen molar-refractivity contribution >= 4 is 10.9 Å². The second kappa shape index (κ2) is 6.12. The quantitative estimate of drug-likeness (QED) is 0.850. The molecule has 0 saturated heterocycles. The van der Waals surface area contributed by atoms with Crippen molar-refractivity contribution in [1.29, 1.82) is 0 Å². The van der Waals surface area contributed by atoms with E-state index in [1.807, 2.05) is 13.8 Å². The van der Waals surface area contributed by atoms with Crippen molar-refractivity contribution in [3.05, 3.63) is 22.3 Å². The van der Waals surface area contributed by atoms with Gasteiger partial charge in [0.05, 0.1) is 12.5 Å². The lowest BCUT2D eigenvalue weighted by Crippen LogP contribution is -2.37. The summed E-state index contributed by atoms with van der Waals surface area (Å²) in [6, 6.07) is 0. The Bertz CT molecular complexity index is 537. The lowest BCUT2D eigenvalue weighted by molar-refractivity contribution is 0.0544. The van der Waals surface area contributed by atoms with E-state index >= 15 is 0 Å². The Morgan fingerprint density at radius 1 is 1.14 bits per heavy atom. The second-order valence-corrected chi connectivity index (χ2v) is 9.26. The molecule has 1 heterocycles. The summed E-state index contributed by atoms with van der Waals surface area (Å²) in [6.45, 7) is 8.30. The van der Waals surface area contributed by atoms with Gasteiger partial charge < -0.3 is 9.84 Å². The SMILES string of the molecule is Cc1c(C)c2c(c(C)c1O)CCC(C)(CCC[S+](C)C)O2. The van der Waals surface area contributed by atoms with Crippen molar-refractivity contribution in [2.45, 2.75) is 59.0 Å². The number of phenolic OH excluding ortho intramolecular Hbond substituents is 1. The summed E-state index contributed by atoms with van der Waals surface area (Å²) in [6.07, 6.45) is 9.02. The van der Waals surface area contributed by atoms with Crippen LogP contribution < -0.4 is 4.74 Å². The van der Waals surface area contributed by atoms with Crippen LogP contribution in [0.5, 0.6) is 11.5 Å². The molecule has 0 fully saturated rings. The number of phenols is 1. The predicted molar refractivity (Wildman–Crippen MR) is 93.0 cm³/mol. The summed E-state index contributed by atoms with van der Waals surface area (Å²) in [5, 5.41) is 10.2. The average Bonchev–Trinajstić information content (AvgIpc) is 2.42. The third-order valence-electron chi connectivity index (χ3n) is 4.85. The molecule has 1 aromatic carbocycles. The van der Waals surface area contributed by atoms with E-state index in [0.717, 1.165) is 41.7 Å². The van der Waals surface area contributed by atoms with Gasteiger partial charge in [0.1, 0.15) is 22.9 Å². The number of rotatable bonds is 4. The summed E-state index contributed by atoms with van der Waals surface area (Å²) in [5.74, 6) is 2.77. The first-order chi connectivity index (χ1) is 9.75. The monoisotopic (exact) mass is 309 g/mol. The maximum atomic E-state index is 10.2. The Kier molecular flexibility index (Phi) is 4.82. The van der Waals surface area contributed by atoms with Gasteiger partial charge in [-0.3, -0.25) is 0 Å². The van der Waals surface area contributed by atoms with Gasteiger partial charge in [-0.1, -0.05) is 0 Å². The summed E-state index contributed by atoms with van der Waals surface area (Å²) >= 11 is 0. The zero-order chi connectivity index (χ0) is 15.8. The van der Waals surface area contributed by atoms with E-state index in [1.54, 1.807) is 0 Å². The van der Waals surface area contributed by atoms with E-state index in [4.69, 9.17) is 4.74 Å². The molecule has 3 heteroatoms. The van der Waals surface area contributed by atoms with E-state index in [9.17, 15) is 5.11 Å². The topological polar surface area (TPSA) is 29.5 Å². The normalized spacial score (nSPS) is 21.3. The molecule has 118 valence electrons. The highest BCUT2D eigenvalue weighted by molar-refractivity contribution is 7.95. The van der Waals surface area contributed by atoms with Gasteiger partial charge in [0.15, 0.2) is 0 Å². The maximum Gasteiger partial charge on any atom is 0.127 e. The van der Waals surface area contributed by atoms with Gasteiger partial charge in [-0.05, 0) is 81.0 Å². The summed E-state index contributed by atoms with van der Waals surface area (Å²) in [4.78, 5) is 0. The summed E-state index contributed by atoms with van der Waals surface area (Å²) in [5.41, 5.74) is 4.22. The predicted octanol–water partition coefficient (Wildman–Crippen LogP) is 4.06. The van der Waals surface area contributed by atoms with Crippen molar-refractivity contribution in [3.63, 3.8) is 0 Å². The molecule has 1 unspecified atom stereocenters. The van der Waals surface area contributed by atoms with E-state index in [0.29, 0.717) is 16.6 Å². The highest BCUT2D eigenvalue weighted by atomic mass is 32.2. The number of fused-ring (bicyclic) bond motifs is 1. The highest BCUT2D eigenvalue weighted by Crippen LogP contribution is 2.44. The van der Waals surface area contributed by atoms with Crippen LogP contribution in [0, 0.1) is 20.8 Å². The molecule has 0 aromatic heterocycles. The van der Waals surface area contributed by atoms with E-state index in [1.165, 1.54) is 17.7 Å². The molecule has 2 rings (SSSR count). The number of benzene rings is 1. The van der Waals surface area contributed by atoms with Gasteiger partial charge >= 0.3 is 0 Å². The zero-order valence-corrected chi connectivity index (χ0v) is 15.1. The Morgan fingerprint density at radius 2 is 1.81 bits per heavy atom. The maximum absolute atomic E-state index is 10.2. The van der Waals surface area contributed by atoms with E-state index in [-0.39, 0.29) is 5.60 Å². The fourth-order valence-corrected chi connectivity index (χ4v) is 3.93. The molecule has 21 heavy (non-hydrogen) atoms. The van der Waals surface area contributed by atoms with Gasteiger partial charge in [-0.25, -0.2) is 0 Å². The average molecular weight is 309 g/mol. The van der Waals surface area contributed by atoms with E-state index in [2.05, 4.69) is 26.4 Å². The third kappa shape index (κ3) is 3.33. The smallest absolute Gasteiger partial charge is 0.127 e. The third-order valence-corrected chi connectivity index (χ3v) is 5.96. The molecular weight excluding hydrogens is 280 g/mol. The standard InChI is InChI=1S/C18H28O2S/c1-12-13(2)17-15(14(3)16(12)19)8-10-18(4,20-17)9-7-11-21(5)6/h7-11H2,1-6H3/p+1. The van der Waals surface area contributed by atoms with Crippen molar-refractivity contribution in [2.24, 2.45) is 0 Å². The van der Waals surface area contributed by atoms with E-state index < -0.39 is 0 Å². The van der Waals surface area contributed by atoms with Crippen LogP contribution in [0.3, 0.4) is 0 Å². The summed E-state index contributed by atoms with van der Waals surface area (Å²) < 4.78 is 6.44. The van der Waals surface area contributed by atoms with Crippen LogP contribution in [0.15, 0.2) is 0 Å². The van der Waals surface area contributed by atoms with Gasteiger partial charge in [-0.2, -0.15) is 0 Å². The number of hydrogen-bond acceptors (Lipinski definition) is 2. The molecule has 1 aliphatic heterocycles. The molecule has 1 N–H and O–H groups in total. The molecule has 1 aliphatic rings. The first-order valence-corrected chi connectivity index (χ1v) is 10.0. The molecule has 0 aliphatic carbocycles.